The van der Waals surface area contributed by atoms with Gasteiger partial charge in [-0.15, -0.1) is 11.3 Å². The fourth-order valence-corrected chi connectivity index (χ4v) is 6.23. The lowest BCUT2D eigenvalue weighted by Crippen LogP contribution is -2.52. The highest BCUT2D eigenvalue weighted by atomic mass is 32.1. The standard InChI is InChI=1S/C28H20F3N3O4S/c1-33-13-20(24-18(26(33)37)8-9-39-24)15-4-5-17(21(11-15)28(29,30)31)14-2-3-16-12-34(27(38)19(16)10-14)22-6-7-23(35)32-25(22)36/h2-5,8-11,13,22H,6-7,12H2,1H3,(H,32,35,36). The Labute approximate surface area is 223 Å². The van der Waals surface area contributed by atoms with E-state index in [0.717, 1.165) is 6.07 Å². The number of hydrogen-bond acceptors (Lipinski definition) is 5. The van der Waals surface area contributed by atoms with E-state index in [1.807, 2.05) is 0 Å². The van der Waals surface area contributed by atoms with Crippen LogP contribution in [0.1, 0.15) is 34.3 Å². The van der Waals surface area contributed by atoms with Gasteiger partial charge in [0, 0.05) is 42.0 Å². The van der Waals surface area contributed by atoms with Crippen molar-refractivity contribution in [3.63, 3.8) is 0 Å². The zero-order chi connectivity index (χ0) is 27.6. The van der Waals surface area contributed by atoms with Crippen molar-refractivity contribution in [2.24, 2.45) is 7.05 Å². The minimum atomic E-state index is -4.69. The third kappa shape index (κ3) is 4.13. The number of carbonyl (C=O) groups is 3. The van der Waals surface area contributed by atoms with Crippen LogP contribution >= 0.6 is 11.3 Å². The number of piperidine rings is 1. The van der Waals surface area contributed by atoms with Crippen molar-refractivity contribution in [3.05, 3.63) is 81.1 Å². The highest BCUT2D eigenvalue weighted by Gasteiger charge is 2.40. The maximum atomic E-state index is 14.4. The van der Waals surface area contributed by atoms with Crippen LogP contribution in [0.3, 0.4) is 0 Å². The summed E-state index contributed by atoms with van der Waals surface area (Å²) in [4.78, 5) is 50.8. The van der Waals surface area contributed by atoms with Gasteiger partial charge in [0.05, 0.1) is 10.9 Å². The van der Waals surface area contributed by atoms with Gasteiger partial charge in [-0.2, -0.15) is 13.2 Å². The Kier molecular flexibility index (Phi) is 5.72. The molecule has 1 fully saturated rings. The van der Waals surface area contributed by atoms with E-state index in [2.05, 4.69) is 5.32 Å². The monoisotopic (exact) mass is 551 g/mol. The summed E-state index contributed by atoms with van der Waals surface area (Å²) in [6, 6.07) is 9.43. The third-order valence-electron chi connectivity index (χ3n) is 7.26. The molecule has 2 aliphatic rings. The molecule has 0 aliphatic carbocycles. The number of benzene rings is 2. The van der Waals surface area contributed by atoms with E-state index in [0.29, 0.717) is 26.8 Å². The Morgan fingerprint density at radius 2 is 1.69 bits per heavy atom. The number of fused-ring (bicyclic) bond motifs is 2. The molecule has 39 heavy (non-hydrogen) atoms. The molecule has 7 nitrogen and oxygen atoms in total. The summed E-state index contributed by atoms with van der Waals surface area (Å²) in [7, 11) is 1.56. The molecule has 0 radical (unpaired) electrons. The summed E-state index contributed by atoms with van der Waals surface area (Å²) in [5.41, 5.74) is 0.694. The topological polar surface area (TPSA) is 88.5 Å². The SMILES string of the molecule is Cn1cc(-c2ccc(-c3ccc4c(c3)C(=O)N(C3CCC(=O)NC3=O)C4)c(C(F)(F)F)c2)c2sccc2c1=O. The third-order valence-corrected chi connectivity index (χ3v) is 8.21. The van der Waals surface area contributed by atoms with Crippen molar-refractivity contribution in [2.75, 3.05) is 0 Å². The van der Waals surface area contributed by atoms with Crippen LogP contribution < -0.4 is 10.9 Å². The van der Waals surface area contributed by atoms with Crippen LogP contribution in [-0.2, 0) is 29.4 Å². The molecule has 1 N–H and O–H groups in total. The molecule has 0 saturated carbocycles. The maximum absolute atomic E-state index is 14.4. The molecule has 2 aromatic heterocycles. The molecule has 6 rings (SSSR count). The number of carbonyl (C=O) groups excluding carboxylic acids is 3. The smallest absolute Gasteiger partial charge is 0.322 e. The van der Waals surface area contributed by atoms with Crippen molar-refractivity contribution < 1.29 is 27.6 Å². The minimum Gasteiger partial charge on any atom is -0.322 e. The number of aromatic nitrogens is 1. The van der Waals surface area contributed by atoms with E-state index in [9.17, 15) is 32.3 Å². The molecule has 0 spiro atoms. The van der Waals surface area contributed by atoms with Crippen molar-refractivity contribution in [2.45, 2.75) is 31.6 Å². The Hall–Kier alpha value is -4.25. The number of rotatable bonds is 3. The van der Waals surface area contributed by atoms with Crippen LogP contribution in [0.4, 0.5) is 13.2 Å². The van der Waals surface area contributed by atoms with Gasteiger partial charge >= 0.3 is 6.18 Å². The number of alkyl halides is 3. The second-order valence-electron chi connectivity index (χ2n) is 9.65. The highest BCUT2D eigenvalue weighted by Crippen LogP contribution is 2.42. The van der Waals surface area contributed by atoms with Crippen molar-refractivity contribution >= 4 is 39.1 Å². The van der Waals surface area contributed by atoms with E-state index in [-0.39, 0.29) is 41.6 Å². The van der Waals surface area contributed by atoms with Gasteiger partial charge in [0.15, 0.2) is 0 Å². The van der Waals surface area contributed by atoms with E-state index in [4.69, 9.17) is 0 Å². The van der Waals surface area contributed by atoms with Gasteiger partial charge in [-0.3, -0.25) is 24.5 Å². The maximum Gasteiger partial charge on any atom is 0.417 e. The second kappa shape index (κ2) is 8.91. The summed E-state index contributed by atoms with van der Waals surface area (Å²) in [5, 5.41) is 4.41. The first-order chi connectivity index (χ1) is 18.5. The van der Waals surface area contributed by atoms with Crippen molar-refractivity contribution in [1.29, 1.82) is 0 Å². The van der Waals surface area contributed by atoms with Crippen LogP contribution in [0.25, 0.3) is 32.3 Å². The second-order valence-corrected chi connectivity index (χ2v) is 10.6. The molecule has 3 amide bonds. The molecule has 11 heteroatoms. The van der Waals surface area contributed by atoms with E-state index in [1.165, 1.54) is 45.2 Å². The lowest BCUT2D eigenvalue weighted by Gasteiger charge is -2.29. The Bertz CT molecular complexity index is 1770. The van der Waals surface area contributed by atoms with E-state index < -0.39 is 35.5 Å². The molecule has 4 heterocycles. The van der Waals surface area contributed by atoms with Crippen LogP contribution in [-0.4, -0.2) is 33.2 Å². The molecule has 2 aromatic carbocycles. The summed E-state index contributed by atoms with van der Waals surface area (Å²) in [6.45, 7) is 0.134. The first-order valence-corrected chi connectivity index (χ1v) is 13.0. The van der Waals surface area contributed by atoms with Gasteiger partial charge in [-0.25, -0.2) is 0 Å². The van der Waals surface area contributed by atoms with Gasteiger partial charge in [0.25, 0.3) is 11.5 Å². The molecular weight excluding hydrogens is 531 g/mol. The largest absolute Gasteiger partial charge is 0.417 e. The first kappa shape index (κ1) is 25.1. The number of pyridine rings is 1. The summed E-state index contributed by atoms with van der Waals surface area (Å²) >= 11 is 1.29. The molecule has 198 valence electrons. The first-order valence-electron chi connectivity index (χ1n) is 12.1. The average molecular weight is 552 g/mol. The lowest BCUT2D eigenvalue weighted by molar-refractivity contribution is -0.138. The van der Waals surface area contributed by atoms with Crippen molar-refractivity contribution in [1.82, 2.24) is 14.8 Å². The number of thiophene rings is 1. The molecule has 1 unspecified atom stereocenters. The number of halogens is 3. The summed E-state index contributed by atoms with van der Waals surface area (Å²) in [5.74, 6) is -1.42. The van der Waals surface area contributed by atoms with E-state index in [1.54, 1.807) is 30.6 Å². The van der Waals surface area contributed by atoms with Crippen LogP contribution in [0.2, 0.25) is 0 Å². The zero-order valence-electron chi connectivity index (χ0n) is 20.5. The van der Waals surface area contributed by atoms with E-state index >= 15 is 0 Å². The fourth-order valence-electron chi connectivity index (χ4n) is 5.31. The Morgan fingerprint density at radius 1 is 0.949 bits per heavy atom. The van der Waals surface area contributed by atoms with Gasteiger partial charge in [-0.1, -0.05) is 24.3 Å². The summed E-state index contributed by atoms with van der Waals surface area (Å²) < 4.78 is 45.0. The van der Waals surface area contributed by atoms with Crippen LogP contribution in [0, 0.1) is 0 Å². The lowest BCUT2D eigenvalue weighted by atomic mass is 9.93. The van der Waals surface area contributed by atoms with Gasteiger partial charge in [-0.05, 0) is 52.3 Å². The highest BCUT2D eigenvalue weighted by molar-refractivity contribution is 7.17. The predicted octanol–water partition coefficient (Wildman–Crippen LogP) is 4.71. The number of nitrogens with zero attached hydrogens (tertiary/aromatic N) is 2. The molecule has 4 aromatic rings. The fraction of sp³-hybridized carbons (Fsp3) is 0.214. The number of nitrogens with one attached hydrogen (secondary N) is 1. The number of amides is 3. The average Bonchev–Trinajstić information content (AvgIpc) is 3.51. The Morgan fingerprint density at radius 3 is 2.44 bits per heavy atom. The zero-order valence-corrected chi connectivity index (χ0v) is 21.3. The van der Waals surface area contributed by atoms with Gasteiger partial charge in [0.1, 0.15) is 6.04 Å². The molecule has 1 atom stereocenters. The quantitative estimate of drug-likeness (QED) is 0.374. The minimum absolute atomic E-state index is 0.0893. The normalized spacial score (nSPS) is 17.6. The molecule has 0 bridgehead atoms. The van der Waals surface area contributed by atoms with Gasteiger partial charge in [0.2, 0.25) is 11.8 Å². The molecule has 1 saturated heterocycles. The predicted molar refractivity (Wildman–Crippen MR) is 139 cm³/mol. The number of aryl methyl sites for hydroxylation is 1. The van der Waals surface area contributed by atoms with Gasteiger partial charge < -0.3 is 9.47 Å². The summed E-state index contributed by atoms with van der Waals surface area (Å²) in [6.07, 6.45) is -2.85. The van der Waals surface area contributed by atoms with Crippen molar-refractivity contribution in [3.8, 4) is 22.3 Å². The molecule has 2 aliphatic heterocycles. The molecular formula is C28H20F3N3O4S. The Balaban J connectivity index is 1.41. The number of hydrogen-bond donors (Lipinski definition) is 1. The van der Waals surface area contributed by atoms with Crippen LogP contribution in [0.15, 0.2) is 58.8 Å². The van der Waals surface area contributed by atoms with Crippen LogP contribution in [0.5, 0.6) is 0 Å². The number of imide groups is 1.